The summed E-state index contributed by atoms with van der Waals surface area (Å²) in [4.78, 5) is 11.7. The molecular formula is C15H20O2. The standard InChI is InChI=1S/C15H20O2/c1-11(8-10-16)5-6-13-12(2)14(17)7-9-15(13,3)4/h8,16H,7,9-10H2,1-4H3/b11-8+. The number of ketones is 1. The van der Waals surface area contributed by atoms with Gasteiger partial charge in [0.15, 0.2) is 5.78 Å². The summed E-state index contributed by atoms with van der Waals surface area (Å²) in [5.74, 6) is 6.31. The van der Waals surface area contributed by atoms with E-state index in [2.05, 4.69) is 25.7 Å². The van der Waals surface area contributed by atoms with E-state index in [0.29, 0.717) is 6.42 Å². The SMILES string of the molecule is CC1=C(C#C/C(C)=C/CO)C(C)(C)CCC1=O. The van der Waals surface area contributed by atoms with Crippen molar-refractivity contribution in [2.45, 2.75) is 40.5 Å². The van der Waals surface area contributed by atoms with Gasteiger partial charge in [0.2, 0.25) is 0 Å². The first-order valence-electron chi connectivity index (χ1n) is 5.92. The highest BCUT2D eigenvalue weighted by atomic mass is 16.2. The maximum atomic E-state index is 11.7. The Kier molecular flexibility index (Phi) is 4.31. The van der Waals surface area contributed by atoms with Crippen LogP contribution in [-0.4, -0.2) is 17.5 Å². The first-order valence-corrected chi connectivity index (χ1v) is 5.92. The fourth-order valence-electron chi connectivity index (χ4n) is 2.00. The molecule has 1 N–H and O–H groups in total. The Balaban J connectivity index is 3.12. The van der Waals surface area contributed by atoms with Crippen LogP contribution in [0.2, 0.25) is 0 Å². The van der Waals surface area contributed by atoms with E-state index in [1.165, 1.54) is 0 Å². The fraction of sp³-hybridized carbons (Fsp3) is 0.533. The van der Waals surface area contributed by atoms with Crippen LogP contribution in [0.3, 0.4) is 0 Å². The Labute approximate surface area is 103 Å². The molecule has 0 atom stereocenters. The highest BCUT2D eigenvalue weighted by Gasteiger charge is 2.31. The molecule has 2 nitrogen and oxygen atoms in total. The summed E-state index contributed by atoms with van der Waals surface area (Å²) in [6.07, 6.45) is 3.14. The number of aliphatic hydroxyl groups is 1. The smallest absolute Gasteiger partial charge is 0.159 e. The zero-order valence-corrected chi connectivity index (χ0v) is 11.1. The molecule has 2 heteroatoms. The van der Waals surface area contributed by atoms with Gasteiger partial charge in [0.1, 0.15) is 0 Å². The summed E-state index contributed by atoms with van der Waals surface area (Å²) in [5, 5.41) is 8.76. The van der Waals surface area contributed by atoms with Crippen molar-refractivity contribution in [2.75, 3.05) is 6.61 Å². The molecule has 0 aliphatic heterocycles. The van der Waals surface area contributed by atoms with E-state index in [1.54, 1.807) is 6.08 Å². The maximum Gasteiger partial charge on any atom is 0.159 e. The van der Waals surface area contributed by atoms with Crippen LogP contribution >= 0.6 is 0 Å². The summed E-state index contributed by atoms with van der Waals surface area (Å²) in [5.41, 5.74) is 2.55. The molecule has 0 aromatic rings. The van der Waals surface area contributed by atoms with E-state index in [-0.39, 0.29) is 17.8 Å². The lowest BCUT2D eigenvalue weighted by Crippen LogP contribution is -2.24. The Hall–Kier alpha value is -1.33. The number of Topliss-reactive ketones (excluding diaryl/α,β-unsaturated/α-hetero) is 1. The minimum absolute atomic E-state index is 0.000860. The molecule has 0 heterocycles. The average Bonchev–Trinajstić information content (AvgIpc) is 2.24. The second-order valence-electron chi connectivity index (χ2n) is 5.13. The van der Waals surface area contributed by atoms with Crippen molar-refractivity contribution in [2.24, 2.45) is 5.41 Å². The molecular weight excluding hydrogens is 212 g/mol. The van der Waals surface area contributed by atoms with Gasteiger partial charge in [-0.1, -0.05) is 25.7 Å². The molecule has 0 fully saturated rings. The Morgan fingerprint density at radius 3 is 2.76 bits per heavy atom. The number of rotatable bonds is 1. The molecule has 0 unspecified atom stereocenters. The first kappa shape index (κ1) is 13.7. The fourth-order valence-corrected chi connectivity index (χ4v) is 2.00. The minimum Gasteiger partial charge on any atom is -0.392 e. The molecule has 0 aromatic carbocycles. The van der Waals surface area contributed by atoms with Gasteiger partial charge in [-0.05, 0) is 37.3 Å². The topological polar surface area (TPSA) is 37.3 Å². The van der Waals surface area contributed by atoms with Gasteiger partial charge in [-0.25, -0.2) is 0 Å². The molecule has 0 aromatic heterocycles. The van der Waals surface area contributed by atoms with Crippen LogP contribution in [0.1, 0.15) is 40.5 Å². The van der Waals surface area contributed by atoms with E-state index in [0.717, 1.165) is 23.1 Å². The summed E-state index contributed by atoms with van der Waals surface area (Å²) in [6.45, 7) is 7.96. The van der Waals surface area contributed by atoms with Gasteiger partial charge in [0.05, 0.1) is 6.61 Å². The molecule has 1 aliphatic carbocycles. The lowest BCUT2D eigenvalue weighted by Gasteiger charge is -2.30. The van der Waals surface area contributed by atoms with Gasteiger partial charge in [-0.15, -0.1) is 0 Å². The zero-order chi connectivity index (χ0) is 13.1. The van der Waals surface area contributed by atoms with E-state index < -0.39 is 0 Å². The third kappa shape index (κ3) is 3.31. The first-order chi connectivity index (χ1) is 7.88. The summed E-state index contributed by atoms with van der Waals surface area (Å²) >= 11 is 0. The second kappa shape index (κ2) is 5.33. The number of carbonyl (C=O) groups is 1. The third-order valence-corrected chi connectivity index (χ3v) is 3.23. The summed E-state index contributed by atoms with van der Waals surface area (Å²) in [6, 6.07) is 0. The number of hydrogen-bond acceptors (Lipinski definition) is 2. The van der Waals surface area contributed by atoms with E-state index in [9.17, 15) is 4.79 Å². The van der Waals surface area contributed by atoms with E-state index >= 15 is 0 Å². The number of carbonyl (C=O) groups excluding carboxylic acids is 1. The van der Waals surface area contributed by atoms with Crippen LogP contribution in [0.25, 0.3) is 0 Å². The Morgan fingerprint density at radius 2 is 2.18 bits per heavy atom. The van der Waals surface area contributed by atoms with Crippen molar-refractivity contribution in [3.63, 3.8) is 0 Å². The molecule has 0 amide bonds. The maximum absolute atomic E-state index is 11.7. The molecule has 0 saturated carbocycles. The molecule has 92 valence electrons. The van der Waals surface area contributed by atoms with Gasteiger partial charge in [-0.2, -0.15) is 0 Å². The minimum atomic E-state index is -0.0233. The number of aliphatic hydroxyl groups excluding tert-OH is 1. The highest BCUT2D eigenvalue weighted by molar-refractivity contribution is 5.97. The van der Waals surface area contributed by atoms with Crippen LogP contribution in [0.5, 0.6) is 0 Å². The van der Waals surface area contributed by atoms with Crippen molar-refractivity contribution in [1.82, 2.24) is 0 Å². The van der Waals surface area contributed by atoms with Gasteiger partial charge in [0.25, 0.3) is 0 Å². The zero-order valence-electron chi connectivity index (χ0n) is 11.1. The Bertz CT molecular complexity index is 439. The summed E-state index contributed by atoms with van der Waals surface area (Å²) < 4.78 is 0. The van der Waals surface area contributed by atoms with Crippen molar-refractivity contribution >= 4 is 5.78 Å². The molecule has 0 bridgehead atoms. The van der Waals surface area contributed by atoms with Crippen molar-refractivity contribution < 1.29 is 9.90 Å². The lowest BCUT2D eigenvalue weighted by atomic mass is 9.72. The molecule has 0 spiro atoms. The van der Waals surface area contributed by atoms with Crippen LogP contribution in [0.15, 0.2) is 22.8 Å². The van der Waals surface area contributed by atoms with Crippen LogP contribution in [0, 0.1) is 17.3 Å². The molecule has 1 aliphatic rings. The van der Waals surface area contributed by atoms with Gasteiger partial charge in [-0.3, -0.25) is 4.79 Å². The Morgan fingerprint density at radius 1 is 1.53 bits per heavy atom. The molecule has 0 saturated heterocycles. The van der Waals surface area contributed by atoms with Gasteiger partial charge >= 0.3 is 0 Å². The normalized spacial score (nSPS) is 20.1. The largest absolute Gasteiger partial charge is 0.392 e. The second-order valence-corrected chi connectivity index (χ2v) is 5.13. The quantitative estimate of drug-likeness (QED) is 0.706. The molecule has 17 heavy (non-hydrogen) atoms. The van der Waals surface area contributed by atoms with E-state index in [4.69, 9.17) is 5.11 Å². The predicted octanol–water partition coefficient (Wildman–Crippen LogP) is 2.63. The third-order valence-electron chi connectivity index (χ3n) is 3.23. The lowest BCUT2D eigenvalue weighted by molar-refractivity contribution is -0.116. The average molecular weight is 232 g/mol. The van der Waals surface area contributed by atoms with Crippen molar-refractivity contribution in [1.29, 1.82) is 0 Å². The van der Waals surface area contributed by atoms with Gasteiger partial charge < -0.3 is 5.11 Å². The molecule has 1 rings (SSSR count). The van der Waals surface area contributed by atoms with Crippen molar-refractivity contribution in [3.8, 4) is 11.8 Å². The van der Waals surface area contributed by atoms with Crippen LogP contribution in [0.4, 0.5) is 0 Å². The van der Waals surface area contributed by atoms with Gasteiger partial charge in [0, 0.05) is 17.6 Å². The predicted molar refractivity (Wildman–Crippen MR) is 69.3 cm³/mol. The monoisotopic (exact) mass is 232 g/mol. The summed E-state index contributed by atoms with van der Waals surface area (Å²) in [7, 11) is 0. The number of hydrogen-bond donors (Lipinski definition) is 1. The number of allylic oxidation sites excluding steroid dienone is 3. The van der Waals surface area contributed by atoms with Crippen LogP contribution in [-0.2, 0) is 4.79 Å². The van der Waals surface area contributed by atoms with Crippen molar-refractivity contribution in [3.05, 3.63) is 22.8 Å². The van der Waals surface area contributed by atoms with E-state index in [1.807, 2.05) is 13.8 Å². The highest BCUT2D eigenvalue weighted by Crippen LogP contribution is 2.38. The van der Waals surface area contributed by atoms with Crippen LogP contribution < -0.4 is 0 Å². The molecule has 0 radical (unpaired) electrons.